The summed E-state index contributed by atoms with van der Waals surface area (Å²) in [5.41, 5.74) is 2.49. The minimum atomic E-state index is 0.205. The van der Waals surface area contributed by atoms with Gasteiger partial charge in [-0.3, -0.25) is 4.79 Å². The summed E-state index contributed by atoms with van der Waals surface area (Å²) >= 11 is 8.03. The highest BCUT2D eigenvalue weighted by Crippen LogP contribution is 2.30. The van der Waals surface area contributed by atoms with Crippen molar-refractivity contribution in [2.75, 3.05) is 31.1 Å². The Bertz CT molecular complexity index is 741. The van der Waals surface area contributed by atoms with Gasteiger partial charge in [0.2, 0.25) is 0 Å². The maximum absolute atomic E-state index is 12.9. The van der Waals surface area contributed by atoms with Gasteiger partial charge in [-0.2, -0.15) is 0 Å². The van der Waals surface area contributed by atoms with Gasteiger partial charge in [-0.15, -0.1) is 11.3 Å². The number of aryl methyl sites for hydroxylation is 2. The Hall–Kier alpha value is -1.52. The lowest BCUT2D eigenvalue weighted by Crippen LogP contribution is -2.48. The number of anilines is 1. The first kappa shape index (κ1) is 16.9. The fourth-order valence-electron chi connectivity index (χ4n) is 3.79. The number of thiophene rings is 1. The van der Waals surface area contributed by atoms with E-state index >= 15 is 0 Å². The molecule has 2 aliphatic rings. The van der Waals surface area contributed by atoms with E-state index in [-0.39, 0.29) is 5.91 Å². The highest BCUT2D eigenvalue weighted by Gasteiger charge is 2.25. The van der Waals surface area contributed by atoms with Gasteiger partial charge >= 0.3 is 0 Å². The van der Waals surface area contributed by atoms with Crippen LogP contribution in [0, 0.1) is 0 Å². The Kier molecular flexibility index (Phi) is 5.00. The van der Waals surface area contributed by atoms with Crippen LogP contribution in [0.15, 0.2) is 30.3 Å². The molecule has 1 aromatic carbocycles. The van der Waals surface area contributed by atoms with Crippen molar-refractivity contribution in [2.45, 2.75) is 32.1 Å². The second-order valence-electron chi connectivity index (χ2n) is 6.85. The monoisotopic (exact) mass is 374 g/mol. The first-order valence-corrected chi connectivity index (χ1v) is 10.3. The highest BCUT2D eigenvalue weighted by molar-refractivity contribution is 7.14. The van der Waals surface area contributed by atoms with E-state index in [2.05, 4.69) is 17.0 Å². The fourth-order valence-corrected chi connectivity index (χ4v) is 5.26. The van der Waals surface area contributed by atoms with Crippen LogP contribution in [0.25, 0.3) is 0 Å². The van der Waals surface area contributed by atoms with E-state index in [9.17, 15) is 4.79 Å². The number of hydrogen-bond donors (Lipinski definition) is 0. The van der Waals surface area contributed by atoms with Crippen LogP contribution >= 0.6 is 22.9 Å². The van der Waals surface area contributed by atoms with Crippen LogP contribution in [0.2, 0.25) is 5.02 Å². The molecule has 25 heavy (non-hydrogen) atoms. The summed E-state index contributed by atoms with van der Waals surface area (Å²) in [5.74, 6) is 0.205. The Morgan fingerprint density at radius 1 is 1.00 bits per heavy atom. The molecular weight excluding hydrogens is 352 g/mol. The molecule has 1 aromatic heterocycles. The van der Waals surface area contributed by atoms with Crippen LogP contribution in [0.1, 0.15) is 39.4 Å². The lowest BCUT2D eigenvalue weighted by molar-refractivity contribution is 0.0751. The molecule has 0 N–H and O–H groups in total. The summed E-state index contributed by atoms with van der Waals surface area (Å²) in [6.07, 6.45) is 6.12. The van der Waals surface area contributed by atoms with Crippen molar-refractivity contribution >= 4 is 34.5 Å². The van der Waals surface area contributed by atoms with Crippen molar-refractivity contribution in [1.82, 2.24) is 4.90 Å². The molecule has 1 fully saturated rings. The SMILES string of the molecule is O=C(c1cc2c(s1)CCCCC2)N1CCN(c2ccccc2Cl)CC1. The molecule has 2 aromatic rings. The van der Waals surface area contributed by atoms with Gasteiger partial charge in [0, 0.05) is 31.1 Å². The summed E-state index contributed by atoms with van der Waals surface area (Å²) in [4.78, 5) is 19.5. The van der Waals surface area contributed by atoms with Gasteiger partial charge in [-0.1, -0.05) is 30.2 Å². The molecule has 1 saturated heterocycles. The van der Waals surface area contributed by atoms with Crippen molar-refractivity contribution in [3.8, 4) is 0 Å². The van der Waals surface area contributed by atoms with Gasteiger partial charge in [0.1, 0.15) is 0 Å². The standard InChI is InChI=1S/C20H23ClN2OS/c21-16-7-4-5-8-17(16)22-10-12-23(13-11-22)20(24)19-14-15-6-2-1-3-9-18(15)25-19/h4-5,7-8,14H,1-3,6,9-13H2. The molecule has 0 saturated carbocycles. The van der Waals surface area contributed by atoms with Gasteiger partial charge < -0.3 is 9.80 Å². The molecule has 132 valence electrons. The average Bonchev–Trinajstić information content (AvgIpc) is 2.92. The molecule has 0 bridgehead atoms. The van der Waals surface area contributed by atoms with E-state index in [1.54, 1.807) is 11.3 Å². The molecule has 2 heterocycles. The fraction of sp³-hybridized carbons (Fsp3) is 0.450. The second-order valence-corrected chi connectivity index (χ2v) is 8.39. The van der Waals surface area contributed by atoms with Crippen molar-refractivity contribution in [3.63, 3.8) is 0 Å². The van der Waals surface area contributed by atoms with Crippen LogP contribution in [-0.2, 0) is 12.8 Å². The summed E-state index contributed by atoms with van der Waals surface area (Å²) in [5, 5.41) is 0.782. The smallest absolute Gasteiger partial charge is 0.264 e. The largest absolute Gasteiger partial charge is 0.367 e. The van der Waals surface area contributed by atoms with Crippen LogP contribution < -0.4 is 4.90 Å². The molecule has 4 rings (SSSR count). The Balaban J connectivity index is 1.42. The van der Waals surface area contributed by atoms with Crippen LogP contribution in [0.4, 0.5) is 5.69 Å². The summed E-state index contributed by atoms with van der Waals surface area (Å²) in [6.45, 7) is 3.18. The minimum Gasteiger partial charge on any atom is -0.367 e. The predicted octanol–water partition coefficient (Wildman–Crippen LogP) is 4.63. The number of nitrogens with zero attached hydrogens (tertiary/aromatic N) is 2. The van der Waals surface area contributed by atoms with Crippen LogP contribution in [0.3, 0.4) is 0 Å². The van der Waals surface area contributed by atoms with Gasteiger partial charge in [0.05, 0.1) is 15.6 Å². The predicted molar refractivity (Wildman–Crippen MR) is 105 cm³/mol. The number of fused-ring (bicyclic) bond motifs is 1. The van der Waals surface area contributed by atoms with E-state index < -0.39 is 0 Å². The third-order valence-corrected chi connectivity index (χ3v) is 6.76. The summed E-state index contributed by atoms with van der Waals surface area (Å²) in [6, 6.07) is 10.1. The molecule has 1 amide bonds. The number of piperazine rings is 1. The van der Waals surface area contributed by atoms with Crippen molar-refractivity contribution in [1.29, 1.82) is 0 Å². The molecule has 0 atom stereocenters. The molecule has 5 heteroatoms. The van der Waals surface area contributed by atoms with Crippen LogP contribution in [-0.4, -0.2) is 37.0 Å². The summed E-state index contributed by atoms with van der Waals surface area (Å²) < 4.78 is 0. The Morgan fingerprint density at radius 3 is 2.56 bits per heavy atom. The molecule has 1 aliphatic carbocycles. The lowest BCUT2D eigenvalue weighted by Gasteiger charge is -2.36. The normalized spacial score (nSPS) is 18.0. The second kappa shape index (κ2) is 7.38. The van der Waals surface area contributed by atoms with Gasteiger partial charge in [-0.25, -0.2) is 0 Å². The Labute approximate surface area is 158 Å². The highest BCUT2D eigenvalue weighted by atomic mass is 35.5. The average molecular weight is 375 g/mol. The number of carbonyl (C=O) groups is 1. The number of rotatable bonds is 2. The van der Waals surface area contributed by atoms with E-state index in [1.165, 1.54) is 29.7 Å². The minimum absolute atomic E-state index is 0.205. The topological polar surface area (TPSA) is 23.6 Å². The number of amides is 1. The zero-order chi connectivity index (χ0) is 17.2. The number of carbonyl (C=O) groups excluding carboxylic acids is 1. The molecular formula is C20H23ClN2OS. The van der Waals surface area contributed by atoms with E-state index in [0.717, 1.165) is 54.6 Å². The van der Waals surface area contributed by atoms with Gasteiger partial charge in [0.25, 0.3) is 5.91 Å². The van der Waals surface area contributed by atoms with E-state index in [1.807, 2.05) is 23.1 Å². The van der Waals surface area contributed by atoms with E-state index in [4.69, 9.17) is 11.6 Å². The molecule has 1 aliphatic heterocycles. The number of para-hydroxylation sites is 1. The van der Waals surface area contributed by atoms with Crippen molar-refractivity contribution < 1.29 is 4.79 Å². The molecule has 0 radical (unpaired) electrons. The van der Waals surface area contributed by atoms with Crippen molar-refractivity contribution in [3.05, 3.63) is 50.7 Å². The first-order chi connectivity index (χ1) is 12.2. The zero-order valence-electron chi connectivity index (χ0n) is 14.3. The van der Waals surface area contributed by atoms with E-state index in [0.29, 0.717) is 0 Å². The lowest BCUT2D eigenvalue weighted by atomic mass is 10.1. The zero-order valence-corrected chi connectivity index (χ0v) is 15.9. The van der Waals surface area contributed by atoms with Crippen molar-refractivity contribution in [2.24, 2.45) is 0 Å². The maximum atomic E-state index is 12.9. The molecule has 0 spiro atoms. The quantitative estimate of drug-likeness (QED) is 0.715. The Morgan fingerprint density at radius 2 is 1.76 bits per heavy atom. The van der Waals surface area contributed by atoms with Gasteiger partial charge in [0.15, 0.2) is 0 Å². The molecule has 3 nitrogen and oxygen atoms in total. The molecule has 0 unspecified atom stereocenters. The van der Waals surface area contributed by atoms with Crippen LogP contribution in [0.5, 0.6) is 0 Å². The number of halogens is 1. The van der Waals surface area contributed by atoms with Gasteiger partial charge in [-0.05, 0) is 49.4 Å². The third kappa shape index (κ3) is 3.56. The third-order valence-electron chi connectivity index (χ3n) is 5.22. The maximum Gasteiger partial charge on any atom is 0.264 e. The number of benzene rings is 1. The summed E-state index contributed by atoms with van der Waals surface area (Å²) in [7, 11) is 0. The first-order valence-electron chi connectivity index (χ1n) is 9.13. The number of hydrogen-bond acceptors (Lipinski definition) is 3.